The third-order valence-corrected chi connectivity index (χ3v) is 3.08. The van der Waals surface area contributed by atoms with Gasteiger partial charge in [-0.05, 0) is 18.2 Å². The molecule has 0 saturated carbocycles. The van der Waals surface area contributed by atoms with Gasteiger partial charge in [-0.15, -0.1) is 0 Å². The molecule has 1 aromatic carbocycles. The lowest BCUT2D eigenvalue weighted by atomic mass is 9.99. The van der Waals surface area contributed by atoms with Gasteiger partial charge in [0, 0.05) is 30.4 Å². The number of methoxy groups -OCH3 is 1. The van der Waals surface area contributed by atoms with E-state index >= 15 is 0 Å². The van der Waals surface area contributed by atoms with Crippen molar-refractivity contribution in [2.24, 2.45) is 7.05 Å². The van der Waals surface area contributed by atoms with Crippen LogP contribution in [0.5, 0.6) is 5.75 Å². The molecule has 1 heterocycles. The van der Waals surface area contributed by atoms with Crippen LogP contribution in [-0.2, 0) is 7.05 Å². The van der Waals surface area contributed by atoms with E-state index in [1.54, 1.807) is 12.1 Å². The molecule has 106 valence electrons. The van der Waals surface area contributed by atoms with Gasteiger partial charge in [-0.2, -0.15) is 5.26 Å². The molecular formula is C15H12N2O4. The largest absolute Gasteiger partial charge is 0.496 e. The van der Waals surface area contributed by atoms with Gasteiger partial charge in [-0.3, -0.25) is 4.79 Å². The normalized spacial score (nSPS) is 9.95. The summed E-state index contributed by atoms with van der Waals surface area (Å²) in [5.74, 6) is -0.790. The van der Waals surface area contributed by atoms with Crippen molar-refractivity contribution >= 4 is 5.97 Å². The fraction of sp³-hybridized carbons (Fsp3) is 0.133. The molecule has 0 aliphatic rings. The number of pyridine rings is 1. The summed E-state index contributed by atoms with van der Waals surface area (Å²) in [5, 5.41) is 18.3. The fourth-order valence-electron chi connectivity index (χ4n) is 2.01. The van der Waals surface area contributed by atoms with E-state index in [4.69, 9.17) is 10.00 Å². The molecule has 0 spiro atoms. The molecule has 0 radical (unpaired) electrons. The number of rotatable bonds is 3. The summed E-state index contributed by atoms with van der Waals surface area (Å²) in [7, 11) is 2.98. The Labute approximate surface area is 120 Å². The number of ether oxygens (including phenoxy) is 1. The minimum atomic E-state index is -1.22. The molecule has 0 amide bonds. The summed E-state index contributed by atoms with van der Waals surface area (Å²) in [6, 6.07) is 7.74. The Morgan fingerprint density at radius 2 is 2.05 bits per heavy atom. The van der Waals surface area contributed by atoms with Gasteiger partial charge in [0.1, 0.15) is 5.75 Å². The van der Waals surface area contributed by atoms with E-state index in [0.717, 1.165) is 6.07 Å². The van der Waals surface area contributed by atoms with Gasteiger partial charge < -0.3 is 14.4 Å². The Balaban J connectivity index is 2.83. The monoisotopic (exact) mass is 284 g/mol. The minimum absolute atomic E-state index is 0.133. The zero-order chi connectivity index (χ0) is 15.6. The lowest BCUT2D eigenvalue weighted by Crippen LogP contribution is -2.18. The maximum Gasteiger partial charge on any atom is 0.336 e. The van der Waals surface area contributed by atoms with Crippen molar-refractivity contribution < 1.29 is 14.6 Å². The van der Waals surface area contributed by atoms with Crippen LogP contribution in [0.2, 0.25) is 0 Å². The maximum absolute atomic E-state index is 11.6. The van der Waals surface area contributed by atoms with Crippen molar-refractivity contribution in [2.75, 3.05) is 7.11 Å². The number of carboxylic acid groups (broad SMARTS) is 1. The number of aromatic carboxylic acids is 1. The predicted molar refractivity (Wildman–Crippen MR) is 75.3 cm³/mol. The highest BCUT2D eigenvalue weighted by Crippen LogP contribution is 2.32. The van der Waals surface area contributed by atoms with Gasteiger partial charge in [-0.1, -0.05) is 0 Å². The molecule has 1 aromatic heterocycles. The van der Waals surface area contributed by atoms with Crippen molar-refractivity contribution in [3.8, 4) is 22.9 Å². The molecule has 6 nitrogen and oxygen atoms in total. The fourth-order valence-corrected chi connectivity index (χ4v) is 2.01. The van der Waals surface area contributed by atoms with Crippen molar-refractivity contribution in [1.29, 1.82) is 5.26 Å². The Hall–Kier alpha value is -3.07. The van der Waals surface area contributed by atoms with Crippen molar-refractivity contribution in [1.82, 2.24) is 4.57 Å². The lowest BCUT2D eigenvalue weighted by Gasteiger charge is -2.12. The molecule has 0 aliphatic carbocycles. The Bertz CT molecular complexity index is 815. The highest BCUT2D eigenvalue weighted by atomic mass is 16.5. The molecule has 0 bridgehead atoms. The molecule has 21 heavy (non-hydrogen) atoms. The number of aromatic nitrogens is 1. The van der Waals surface area contributed by atoms with Gasteiger partial charge in [0.25, 0.3) is 5.56 Å². The first kappa shape index (κ1) is 14.3. The highest BCUT2D eigenvalue weighted by Gasteiger charge is 2.17. The number of benzene rings is 1. The number of aryl methyl sites for hydroxylation is 1. The quantitative estimate of drug-likeness (QED) is 0.924. The Kier molecular flexibility index (Phi) is 3.76. The number of hydrogen-bond acceptors (Lipinski definition) is 4. The highest BCUT2D eigenvalue weighted by molar-refractivity contribution is 5.96. The van der Waals surface area contributed by atoms with E-state index < -0.39 is 11.5 Å². The predicted octanol–water partition coefficient (Wildman–Crippen LogP) is 1.63. The van der Waals surface area contributed by atoms with Crippen molar-refractivity contribution in [3.63, 3.8) is 0 Å². The average molecular weight is 284 g/mol. The number of carbonyl (C=O) groups is 1. The molecule has 2 rings (SSSR count). The van der Waals surface area contributed by atoms with Crippen LogP contribution in [0, 0.1) is 11.3 Å². The van der Waals surface area contributed by atoms with Crippen molar-refractivity contribution in [2.45, 2.75) is 0 Å². The minimum Gasteiger partial charge on any atom is -0.496 e. The molecule has 0 aliphatic heterocycles. The summed E-state index contributed by atoms with van der Waals surface area (Å²) >= 11 is 0. The molecule has 1 N–H and O–H groups in total. The van der Waals surface area contributed by atoms with E-state index in [0.29, 0.717) is 22.4 Å². The topological polar surface area (TPSA) is 92.3 Å². The van der Waals surface area contributed by atoms with Crippen LogP contribution in [-0.4, -0.2) is 22.8 Å². The van der Waals surface area contributed by atoms with E-state index in [-0.39, 0.29) is 5.56 Å². The zero-order valence-electron chi connectivity index (χ0n) is 11.5. The third-order valence-electron chi connectivity index (χ3n) is 3.08. The van der Waals surface area contributed by atoms with Gasteiger partial charge in [-0.25, -0.2) is 4.79 Å². The van der Waals surface area contributed by atoms with Gasteiger partial charge >= 0.3 is 5.97 Å². The van der Waals surface area contributed by atoms with E-state index in [9.17, 15) is 14.7 Å². The first-order valence-electron chi connectivity index (χ1n) is 6.00. The Morgan fingerprint density at radius 1 is 1.33 bits per heavy atom. The van der Waals surface area contributed by atoms with Crippen molar-refractivity contribution in [3.05, 3.63) is 51.9 Å². The maximum atomic E-state index is 11.6. The second kappa shape index (κ2) is 5.51. The summed E-state index contributed by atoms with van der Waals surface area (Å²) in [4.78, 5) is 23.0. The second-order valence-corrected chi connectivity index (χ2v) is 4.38. The van der Waals surface area contributed by atoms with E-state index in [1.807, 2.05) is 6.07 Å². The van der Waals surface area contributed by atoms with Crippen LogP contribution < -0.4 is 10.3 Å². The molecule has 0 atom stereocenters. The molecule has 6 heteroatoms. The first-order valence-corrected chi connectivity index (χ1v) is 6.00. The summed E-state index contributed by atoms with van der Waals surface area (Å²) in [5.41, 5.74) is 0.581. The lowest BCUT2D eigenvalue weighted by molar-refractivity contribution is 0.0697. The first-order chi connectivity index (χ1) is 9.97. The van der Waals surface area contributed by atoms with E-state index in [2.05, 4.69) is 0 Å². The van der Waals surface area contributed by atoms with E-state index in [1.165, 1.54) is 31.0 Å². The summed E-state index contributed by atoms with van der Waals surface area (Å²) < 4.78 is 6.49. The molecule has 0 fully saturated rings. The second-order valence-electron chi connectivity index (χ2n) is 4.38. The molecule has 0 saturated heterocycles. The van der Waals surface area contributed by atoms with Crippen LogP contribution in [0.3, 0.4) is 0 Å². The standard InChI is InChI=1S/C15H12N2O4/c1-17-8-12(11(15(19)20)6-14(17)18)10-5-9(7-16)3-4-13(10)21-2/h3-6,8H,1-2H3,(H,19,20). The number of nitrogens with zero attached hydrogens (tertiary/aromatic N) is 2. The molecule has 0 unspecified atom stereocenters. The number of nitriles is 1. The number of hydrogen-bond donors (Lipinski definition) is 1. The van der Waals surface area contributed by atoms with Gasteiger partial charge in [0.05, 0.1) is 24.3 Å². The van der Waals surface area contributed by atoms with Gasteiger partial charge in [0.2, 0.25) is 0 Å². The van der Waals surface area contributed by atoms with Crippen LogP contribution in [0.25, 0.3) is 11.1 Å². The number of carboxylic acids is 1. The summed E-state index contributed by atoms with van der Waals surface area (Å²) in [6.45, 7) is 0. The zero-order valence-corrected chi connectivity index (χ0v) is 11.5. The van der Waals surface area contributed by atoms with Crippen LogP contribution in [0.4, 0.5) is 0 Å². The average Bonchev–Trinajstić information content (AvgIpc) is 2.48. The molecular weight excluding hydrogens is 272 g/mol. The summed E-state index contributed by atoms with van der Waals surface area (Å²) in [6.07, 6.45) is 1.42. The molecule has 2 aromatic rings. The Morgan fingerprint density at radius 3 is 2.62 bits per heavy atom. The van der Waals surface area contributed by atoms with Gasteiger partial charge in [0.15, 0.2) is 0 Å². The SMILES string of the molecule is COc1ccc(C#N)cc1-c1cn(C)c(=O)cc1C(=O)O. The third kappa shape index (κ3) is 2.62. The van der Waals surface area contributed by atoms with Crippen LogP contribution in [0.15, 0.2) is 35.3 Å². The van der Waals surface area contributed by atoms with Crippen LogP contribution in [0.1, 0.15) is 15.9 Å². The smallest absolute Gasteiger partial charge is 0.336 e. The van der Waals surface area contributed by atoms with Crippen LogP contribution >= 0.6 is 0 Å².